The minimum Gasteiger partial charge on any atom is -0.435 e. The Balaban J connectivity index is 1.45. The van der Waals surface area contributed by atoms with Gasteiger partial charge in [0.05, 0.1) is 11.0 Å². The summed E-state index contributed by atoms with van der Waals surface area (Å²) in [6.45, 7) is 0. The van der Waals surface area contributed by atoms with Crippen LogP contribution in [0.15, 0.2) is 114 Å². The number of rotatable bonds is 2. The Hall–Kier alpha value is -4.67. The molecule has 0 fully saturated rings. The third kappa shape index (κ3) is 2.95. The molecular formula is C35H22N2OS. The summed E-state index contributed by atoms with van der Waals surface area (Å²) in [5, 5.41) is 7.22. The van der Waals surface area contributed by atoms with Gasteiger partial charge in [-0.25, -0.2) is 4.98 Å². The zero-order chi connectivity index (χ0) is 25.5. The molecule has 3 aromatic heterocycles. The summed E-state index contributed by atoms with van der Waals surface area (Å²) in [6, 6.07) is 32.5. The van der Waals surface area contributed by atoms with Crippen LogP contribution < -0.4 is 0 Å². The molecule has 9 rings (SSSR count). The summed E-state index contributed by atoms with van der Waals surface area (Å²) in [5.41, 5.74) is 6.55. The van der Waals surface area contributed by atoms with Crippen LogP contribution in [0.5, 0.6) is 0 Å². The largest absolute Gasteiger partial charge is 0.435 e. The van der Waals surface area contributed by atoms with Gasteiger partial charge in [0.2, 0.25) is 5.89 Å². The molecule has 0 bridgehead atoms. The third-order valence-electron chi connectivity index (χ3n) is 8.06. The minimum atomic E-state index is 0.670. The molecule has 0 N–H and O–H groups in total. The molecule has 1 aliphatic carbocycles. The minimum absolute atomic E-state index is 0.670. The van der Waals surface area contributed by atoms with E-state index in [0.29, 0.717) is 5.89 Å². The predicted octanol–water partition coefficient (Wildman–Crippen LogP) is 10.3. The van der Waals surface area contributed by atoms with Crippen molar-refractivity contribution in [2.45, 2.75) is 12.8 Å². The van der Waals surface area contributed by atoms with Gasteiger partial charge in [0.15, 0.2) is 5.58 Å². The van der Waals surface area contributed by atoms with Crippen LogP contribution in [-0.4, -0.2) is 9.55 Å². The Bertz CT molecular complexity index is 2340. The lowest BCUT2D eigenvalue weighted by Crippen LogP contribution is -1.99. The predicted molar refractivity (Wildman–Crippen MR) is 165 cm³/mol. The van der Waals surface area contributed by atoms with E-state index in [-0.39, 0.29) is 0 Å². The van der Waals surface area contributed by atoms with Gasteiger partial charge in [-0.05, 0) is 54.6 Å². The molecule has 1 aliphatic rings. The Morgan fingerprint density at radius 3 is 2.49 bits per heavy atom. The zero-order valence-electron chi connectivity index (χ0n) is 21.0. The molecule has 39 heavy (non-hydrogen) atoms. The highest BCUT2D eigenvalue weighted by Gasteiger charge is 2.23. The highest BCUT2D eigenvalue weighted by molar-refractivity contribution is 7.26. The van der Waals surface area contributed by atoms with Crippen LogP contribution in [0, 0.1) is 0 Å². The highest BCUT2D eigenvalue weighted by atomic mass is 32.1. The SMILES string of the molecule is C1=CCCC(n2c3ccccc3c3c(-c4nc5ccc6sc7ccccc7c6c5o4)cc4ccccc4c32)=C1. The molecule has 0 amide bonds. The van der Waals surface area contributed by atoms with Crippen LogP contribution in [0.3, 0.4) is 0 Å². The number of allylic oxidation sites excluding steroid dienone is 4. The summed E-state index contributed by atoms with van der Waals surface area (Å²) < 4.78 is 11.7. The van der Waals surface area contributed by atoms with Gasteiger partial charge in [0, 0.05) is 47.6 Å². The van der Waals surface area contributed by atoms with E-state index in [9.17, 15) is 0 Å². The molecule has 4 heteroatoms. The lowest BCUT2D eigenvalue weighted by Gasteiger charge is -2.15. The van der Waals surface area contributed by atoms with Gasteiger partial charge in [-0.15, -0.1) is 11.3 Å². The molecule has 5 aromatic carbocycles. The van der Waals surface area contributed by atoms with Crippen LogP contribution in [0.1, 0.15) is 12.8 Å². The standard InChI is InChI=1S/C35H22N2OS/c1-2-11-22(12-3-1)37-28-16-8-6-14-24(28)31-26(20-21-10-4-5-13-23(21)33(31)37)35-36-27-18-19-30-32(34(27)38-35)25-15-7-9-17-29(25)39-30/h1-2,4-11,13-20H,3,12H2. The van der Waals surface area contributed by atoms with Crippen molar-refractivity contribution in [1.82, 2.24) is 9.55 Å². The van der Waals surface area contributed by atoms with Crippen LogP contribution in [-0.2, 0) is 0 Å². The van der Waals surface area contributed by atoms with Gasteiger partial charge in [0.1, 0.15) is 5.52 Å². The molecule has 8 aromatic rings. The molecule has 0 saturated carbocycles. The van der Waals surface area contributed by atoms with Crippen molar-refractivity contribution in [3.8, 4) is 11.5 Å². The van der Waals surface area contributed by atoms with Crippen molar-refractivity contribution >= 4 is 80.9 Å². The summed E-state index contributed by atoms with van der Waals surface area (Å²) in [7, 11) is 0. The first-order chi connectivity index (χ1) is 19.3. The summed E-state index contributed by atoms with van der Waals surface area (Å²) in [4.78, 5) is 5.11. The molecule has 3 heterocycles. The summed E-state index contributed by atoms with van der Waals surface area (Å²) >= 11 is 1.80. The van der Waals surface area contributed by atoms with E-state index in [2.05, 4.69) is 114 Å². The van der Waals surface area contributed by atoms with E-state index in [1.165, 1.54) is 53.1 Å². The topological polar surface area (TPSA) is 31.0 Å². The first kappa shape index (κ1) is 21.3. The van der Waals surface area contributed by atoms with Crippen molar-refractivity contribution in [3.63, 3.8) is 0 Å². The van der Waals surface area contributed by atoms with Gasteiger partial charge in [0.25, 0.3) is 0 Å². The maximum absolute atomic E-state index is 6.76. The number of oxazole rings is 1. The van der Waals surface area contributed by atoms with Gasteiger partial charge >= 0.3 is 0 Å². The van der Waals surface area contributed by atoms with E-state index in [1.54, 1.807) is 11.3 Å². The molecule has 0 saturated heterocycles. The molecule has 0 aliphatic heterocycles. The summed E-state index contributed by atoms with van der Waals surface area (Å²) in [6.07, 6.45) is 8.74. The van der Waals surface area contributed by atoms with E-state index >= 15 is 0 Å². The quantitative estimate of drug-likeness (QED) is 0.228. The van der Waals surface area contributed by atoms with E-state index in [1.807, 2.05) is 0 Å². The number of fused-ring (bicyclic) bond motifs is 10. The third-order valence-corrected chi connectivity index (χ3v) is 9.20. The second-order valence-corrected chi connectivity index (χ2v) is 11.3. The Kier molecular flexibility index (Phi) is 4.32. The van der Waals surface area contributed by atoms with Crippen LogP contribution in [0.2, 0.25) is 0 Å². The van der Waals surface area contributed by atoms with Crippen LogP contribution >= 0.6 is 11.3 Å². The average Bonchev–Trinajstić information content (AvgIpc) is 3.69. The number of nitrogens with zero attached hydrogens (tertiary/aromatic N) is 2. The smallest absolute Gasteiger partial charge is 0.228 e. The Morgan fingerprint density at radius 2 is 1.59 bits per heavy atom. The fraction of sp³-hybridized carbons (Fsp3) is 0.0571. The first-order valence-electron chi connectivity index (χ1n) is 13.4. The van der Waals surface area contributed by atoms with Crippen molar-refractivity contribution in [2.75, 3.05) is 0 Å². The monoisotopic (exact) mass is 518 g/mol. The number of para-hydroxylation sites is 1. The molecule has 3 nitrogen and oxygen atoms in total. The summed E-state index contributed by atoms with van der Waals surface area (Å²) in [5.74, 6) is 0.670. The van der Waals surface area contributed by atoms with E-state index in [4.69, 9.17) is 9.40 Å². The molecular weight excluding hydrogens is 496 g/mol. The fourth-order valence-corrected chi connectivity index (χ4v) is 7.49. The maximum Gasteiger partial charge on any atom is 0.228 e. The number of thiophene rings is 1. The number of benzene rings is 5. The van der Waals surface area contributed by atoms with E-state index in [0.717, 1.165) is 34.9 Å². The number of hydrogen-bond donors (Lipinski definition) is 0. The van der Waals surface area contributed by atoms with E-state index < -0.39 is 0 Å². The zero-order valence-corrected chi connectivity index (χ0v) is 21.8. The molecule has 0 unspecified atom stereocenters. The second-order valence-electron chi connectivity index (χ2n) is 10.3. The van der Waals surface area contributed by atoms with Crippen molar-refractivity contribution < 1.29 is 4.42 Å². The van der Waals surface area contributed by atoms with Crippen LogP contribution in [0.4, 0.5) is 0 Å². The lowest BCUT2D eigenvalue weighted by molar-refractivity contribution is 0.624. The molecule has 0 spiro atoms. The highest BCUT2D eigenvalue weighted by Crippen LogP contribution is 2.45. The van der Waals surface area contributed by atoms with Gasteiger partial charge < -0.3 is 8.98 Å². The van der Waals surface area contributed by atoms with Crippen molar-refractivity contribution in [1.29, 1.82) is 0 Å². The van der Waals surface area contributed by atoms with Crippen LogP contribution in [0.25, 0.3) is 81.0 Å². The van der Waals surface area contributed by atoms with Gasteiger partial charge in [-0.3, -0.25) is 0 Å². The van der Waals surface area contributed by atoms with Crippen molar-refractivity contribution in [3.05, 3.63) is 109 Å². The maximum atomic E-state index is 6.76. The van der Waals surface area contributed by atoms with Gasteiger partial charge in [-0.1, -0.05) is 72.8 Å². The lowest BCUT2D eigenvalue weighted by atomic mass is 10.00. The first-order valence-corrected chi connectivity index (χ1v) is 14.2. The van der Waals surface area contributed by atoms with Gasteiger partial charge in [-0.2, -0.15) is 0 Å². The molecule has 184 valence electrons. The Labute approximate surface area is 227 Å². The molecule has 0 radical (unpaired) electrons. The molecule has 0 atom stereocenters. The number of aromatic nitrogens is 2. The normalized spacial score (nSPS) is 14.0. The average molecular weight is 519 g/mol. The van der Waals surface area contributed by atoms with Crippen molar-refractivity contribution in [2.24, 2.45) is 0 Å². The second kappa shape index (κ2) is 7.92. The number of hydrogen-bond acceptors (Lipinski definition) is 3. The fourth-order valence-electron chi connectivity index (χ4n) is 6.39. The Morgan fingerprint density at radius 1 is 0.769 bits per heavy atom.